The molecule has 0 radical (unpaired) electrons. The maximum atomic E-state index is 5.78. The molecule has 2 aromatic rings. The molecule has 2 nitrogen and oxygen atoms in total. The van der Waals surface area contributed by atoms with Crippen LogP contribution in [0.15, 0.2) is 32.5 Å². The number of rotatable bonds is 6. The van der Waals surface area contributed by atoms with Crippen LogP contribution >= 0.6 is 43.2 Å². The number of nitrogens with one attached hydrogen (secondary N) is 1. The Hall–Kier alpha value is -0.360. The van der Waals surface area contributed by atoms with Crippen molar-refractivity contribution >= 4 is 43.2 Å². The molecule has 1 aromatic heterocycles. The van der Waals surface area contributed by atoms with Gasteiger partial charge < -0.3 is 10.1 Å². The van der Waals surface area contributed by atoms with Crippen molar-refractivity contribution in [2.75, 3.05) is 13.2 Å². The highest BCUT2D eigenvalue weighted by molar-refractivity contribution is 9.10. The van der Waals surface area contributed by atoms with Crippen molar-refractivity contribution in [2.45, 2.75) is 20.4 Å². The summed E-state index contributed by atoms with van der Waals surface area (Å²) < 4.78 is 8.08. The molecule has 2 rings (SSSR count). The molecule has 0 aliphatic rings. The fourth-order valence-electron chi connectivity index (χ4n) is 1.89. The molecule has 0 saturated heterocycles. The highest BCUT2D eigenvalue weighted by Gasteiger charge is 2.03. The number of thiophene rings is 1. The zero-order valence-electron chi connectivity index (χ0n) is 11.5. The molecule has 0 amide bonds. The maximum absolute atomic E-state index is 5.78. The second-order valence-corrected chi connectivity index (χ2v) is 7.33. The SMILES string of the molecule is Cc1cc(OCCNCc2cc(Br)cs2)cc(C)c1Br. The first-order valence-electron chi connectivity index (χ1n) is 6.39. The summed E-state index contributed by atoms with van der Waals surface area (Å²) in [7, 11) is 0. The lowest BCUT2D eigenvalue weighted by Crippen LogP contribution is -2.20. The van der Waals surface area contributed by atoms with E-state index in [1.54, 1.807) is 11.3 Å². The van der Waals surface area contributed by atoms with Gasteiger partial charge in [-0.1, -0.05) is 15.9 Å². The molecule has 0 atom stereocenters. The van der Waals surface area contributed by atoms with Crippen molar-refractivity contribution < 1.29 is 4.74 Å². The average molecular weight is 419 g/mol. The van der Waals surface area contributed by atoms with Gasteiger partial charge in [-0.25, -0.2) is 0 Å². The van der Waals surface area contributed by atoms with Gasteiger partial charge in [-0.3, -0.25) is 0 Å². The zero-order valence-corrected chi connectivity index (χ0v) is 15.5. The van der Waals surface area contributed by atoms with Crippen molar-refractivity contribution in [3.63, 3.8) is 0 Å². The van der Waals surface area contributed by atoms with Gasteiger partial charge in [0.15, 0.2) is 0 Å². The molecule has 1 aromatic carbocycles. The zero-order chi connectivity index (χ0) is 14.5. The Labute approximate surface area is 140 Å². The highest BCUT2D eigenvalue weighted by Crippen LogP contribution is 2.26. The second kappa shape index (κ2) is 7.59. The molecule has 1 N–H and O–H groups in total. The first-order chi connectivity index (χ1) is 9.56. The van der Waals surface area contributed by atoms with Gasteiger partial charge in [0.2, 0.25) is 0 Å². The number of halogens is 2. The van der Waals surface area contributed by atoms with Gasteiger partial charge in [-0.15, -0.1) is 11.3 Å². The van der Waals surface area contributed by atoms with Crippen LogP contribution < -0.4 is 10.1 Å². The Morgan fingerprint density at radius 1 is 1.15 bits per heavy atom. The van der Waals surface area contributed by atoms with E-state index in [9.17, 15) is 0 Å². The van der Waals surface area contributed by atoms with E-state index in [4.69, 9.17) is 4.74 Å². The summed E-state index contributed by atoms with van der Waals surface area (Å²) in [5.41, 5.74) is 2.41. The van der Waals surface area contributed by atoms with E-state index >= 15 is 0 Å². The molecule has 0 spiro atoms. The van der Waals surface area contributed by atoms with Crippen LogP contribution in [0.1, 0.15) is 16.0 Å². The van der Waals surface area contributed by atoms with Crippen LogP contribution in [-0.2, 0) is 6.54 Å². The molecule has 0 saturated carbocycles. The molecule has 0 aliphatic heterocycles. The predicted octanol–water partition coefficient (Wildman–Crippen LogP) is 5.06. The normalized spacial score (nSPS) is 10.8. The largest absolute Gasteiger partial charge is 0.492 e. The highest BCUT2D eigenvalue weighted by atomic mass is 79.9. The van der Waals surface area contributed by atoms with Gasteiger partial charge in [-0.05, 0) is 59.1 Å². The van der Waals surface area contributed by atoms with Crippen molar-refractivity contribution in [3.8, 4) is 5.75 Å². The van der Waals surface area contributed by atoms with Crippen molar-refractivity contribution in [2.24, 2.45) is 0 Å². The topological polar surface area (TPSA) is 21.3 Å². The minimum atomic E-state index is 0.674. The fourth-order valence-corrected chi connectivity index (χ4v) is 3.54. The number of ether oxygens (including phenoxy) is 1. The van der Waals surface area contributed by atoms with Crippen molar-refractivity contribution in [1.29, 1.82) is 0 Å². The number of aryl methyl sites for hydroxylation is 2. The molecule has 0 bridgehead atoms. The monoisotopic (exact) mass is 417 g/mol. The summed E-state index contributed by atoms with van der Waals surface area (Å²) in [6.07, 6.45) is 0. The molecule has 5 heteroatoms. The first kappa shape index (κ1) is 16.0. The summed E-state index contributed by atoms with van der Waals surface area (Å²) in [5, 5.41) is 5.48. The predicted molar refractivity (Wildman–Crippen MR) is 92.8 cm³/mol. The van der Waals surface area contributed by atoms with Crippen LogP contribution in [0.25, 0.3) is 0 Å². The van der Waals surface area contributed by atoms with Gasteiger partial charge in [0.05, 0.1) is 0 Å². The fraction of sp³-hybridized carbons (Fsp3) is 0.333. The summed E-state index contributed by atoms with van der Waals surface area (Å²) >= 11 is 8.78. The Kier molecular flexibility index (Phi) is 6.08. The summed E-state index contributed by atoms with van der Waals surface area (Å²) in [6.45, 7) is 6.56. The van der Waals surface area contributed by atoms with Gasteiger partial charge in [0, 0.05) is 32.3 Å². The quantitative estimate of drug-likeness (QED) is 0.662. The maximum Gasteiger partial charge on any atom is 0.119 e. The van der Waals surface area contributed by atoms with Gasteiger partial charge in [0.25, 0.3) is 0 Å². The number of hydrogen-bond donors (Lipinski definition) is 1. The number of hydrogen-bond acceptors (Lipinski definition) is 3. The van der Waals surface area contributed by atoms with E-state index < -0.39 is 0 Å². The third-order valence-electron chi connectivity index (χ3n) is 2.88. The third kappa shape index (κ3) is 4.58. The van der Waals surface area contributed by atoms with Crippen LogP contribution in [0.5, 0.6) is 5.75 Å². The van der Waals surface area contributed by atoms with E-state index in [1.165, 1.54) is 16.0 Å². The van der Waals surface area contributed by atoms with E-state index in [-0.39, 0.29) is 0 Å². The van der Waals surface area contributed by atoms with Crippen LogP contribution in [0.3, 0.4) is 0 Å². The first-order valence-corrected chi connectivity index (χ1v) is 8.86. The minimum absolute atomic E-state index is 0.674. The van der Waals surface area contributed by atoms with Crippen LogP contribution in [0.4, 0.5) is 0 Å². The van der Waals surface area contributed by atoms with Gasteiger partial charge >= 0.3 is 0 Å². The van der Waals surface area contributed by atoms with Crippen LogP contribution in [0, 0.1) is 13.8 Å². The Morgan fingerprint density at radius 2 is 1.85 bits per heavy atom. The number of benzene rings is 1. The second-order valence-electron chi connectivity index (χ2n) is 4.63. The Bertz CT molecular complexity index is 560. The lowest BCUT2D eigenvalue weighted by Gasteiger charge is -2.10. The molecule has 1 heterocycles. The smallest absolute Gasteiger partial charge is 0.119 e. The average Bonchev–Trinajstić information content (AvgIpc) is 2.81. The molecular formula is C15H17Br2NOS. The van der Waals surface area contributed by atoms with Gasteiger partial charge in [0.1, 0.15) is 12.4 Å². The summed E-state index contributed by atoms with van der Waals surface area (Å²) in [4.78, 5) is 1.33. The molecule has 0 unspecified atom stereocenters. The lowest BCUT2D eigenvalue weighted by atomic mass is 10.1. The lowest BCUT2D eigenvalue weighted by molar-refractivity contribution is 0.313. The Morgan fingerprint density at radius 3 is 2.45 bits per heavy atom. The molecule has 108 valence electrons. The van der Waals surface area contributed by atoms with Crippen molar-refractivity contribution in [3.05, 3.63) is 48.5 Å². The summed E-state index contributed by atoms with van der Waals surface area (Å²) in [6, 6.07) is 6.26. The van der Waals surface area contributed by atoms with E-state index in [0.717, 1.165) is 27.8 Å². The molecule has 0 fully saturated rings. The minimum Gasteiger partial charge on any atom is -0.492 e. The molecular weight excluding hydrogens is 402 g/mol. The Balaban J connectivity index is 1.73. The van der Waals surface area contributed by atoms with Gasteiger partial charge in [-0.2, -0.15) is 0 Å². The third-order valence-corrected chi connectivity index (χ3v) is 5.83. The molecule has 0 aliphatic carbocycles. The van der Waals surface area contributed by atoms with Crippen molar-refractivity contribution in [1.82, 2.24) is 5.32 Å². The van der Waals surface area contributed by atoms with Crippen LogP contribution in [-0.4, -0.2) is 13.2 Å². The molecule has 20 heavy (non-hydrogen) atoms. The van der Waals surface area contributed by atoms with E-state index in [0.29, 0.717) is 6.61 Å². The standard InChI is InChI=1S/C15H17Br2NOS/c1-10-5-13(6-11(2)15(10)17)19-4-3-18-8-14-7-12(16)9-20-14/h5-7,9,18H,3-4,8H2,1-2H3. The van der Waals surface area contributed by atoms with Crippen LogP contribution in [0.2, 0.25) is 0 Å². The summed E-state index contributed by atoms with van der Waals surface area (Å²) in [5.74, 6) is 0.934. The van der Waals surface area contributed by atoms with E-state index in [1.807, 2.05) is 0 Å². The van der Waals surface area contributed by atoms with E-state index in [2.05, 4.69) is 74.6 Å².